The van der Waals surface area contributed by atoms with Gasteiger partial charge in [-0.25, -0.2) is 4.99 Å². The third-order valence-electron chi connectivity index (χ3n) is 7.40. The molecular formula is C36H51N3. The minimum atomic E-state index is -0.00664. The number of allylic oxidation sites excluding steroid dienone is 2. The highest BCUT2D eigenvalue weighted by Gasteiger charge is 2.27. The predicted octanol–water partition coefficient (Wildman–Crippen LogP) is 10.5. The van der Waals surface area contributed by atoms with Crippen molar-refractivity contribution in [3.8, 4) is 0 Å². The second-order valence-corrected chi connectivity index (χ2v) is 15.1. The Morgan fingerprint density at radius 3 is 1.23 bits per heavy atom. The summed E-state index contributed by atoms with van der Waals surface area (Å²) in [6.45, 7) is 31.3. The molecule has 210 valence electrons. The van der Waals surface area contributed by atoms with E-state index in [-0.39, 0.29) is 21.7 Å². The Balaban J connectivity index is 2.08. The van der Waals surface area contributed by atoms with Gasteiger partial charge < -0.3 is 0 Å². The van der Waals surface area contributed by atoms with Gasteiger partial charge in [0.15, 0.2) is 0 Å². The number of aliphatic imine (C=N–C) groups is 3. The maximum absolute atomic E-state index is 5.26. The van der Waals surface area contributed by atoms with Gasteiger partial charge in [-0.1, -0.05) is 126 Å². The Bertz CT molecular complexity index is 1290. The van der Waals surface area contributed by atoms with Crippen LogP contribution in [-0.4, -0.2) is 17.1 Å². The van der Waals surface area contributed by atoms with E-state index in [4.69, 9.17) is 15.0 Å². The Morgan fingerprint density at radius 1 is 0.564 bits per heavy atom. The zero-order valence-corrected chi connectivity index (χ0v) is 27.1. The fourth-order valence-corrected chi connectivity index (χ4v) is 5.09. The molecule has 1 aliphatic heterocycles. The van der Waals surface area contributed by atoms with E-state index in [0.29, 0.717) is 0 Å². The van der Waals surface area contributed by atoms with Crippen LogP contribution in [0.15, 0.2) is 63.1 Å². The molecule has 1 heterocycles. The lowest BCUT2D eigenvalue weighted by molar-refractivity contribution is 0.570. The van der Waals surface area contributed by atoms with E-state index in [1.54, 1.807) is 0 Å². The van der Waals surface area contributed by atoms with E-state index >= 15 is 0 Å². The van der Waals surface area contributed by atoms with Gasteiger partial charge >= 0.3 is 0 Å². The number of nitrogens with zero attached hydrogens (tertiary/aromatic N) is 3. The standard InChI is InChI=1S/C36H51N3/c1-23(37-31-25(33(3,4)5)17-15-18-26(31)34(6,7)8)29-21-22-30(39-29)24(2)38-32-27(35(9,10)11)19-16-20-28(32)36(12,13)14/h15-21H,22H2,1-14H3. The van der Waals surface area contributed by atoms with E-state index in [9.17, 15) is 0 Å². The Morgan fingerprint density at radius 2 is 0.897 bits per heavy atom. The molecule has 0 aliphatic carbocycles. The van der Waals surface area contributed by atoms with Crippen molar-refractivity contribution in [1.82, 2.24) is 0 Å². The Hall–Kier alpha value is -2.81. The van der Waals surface area contributed by atoms with Crippen LogP contribution in [0, 0.1) is 0 Å². The molecule has 0 aromatic heterocycles. The number of rotatable bonds is 4. The van der Waals surface area contributed by atoms with Crippen LogP contribution in [0.1, 0.15) is 126 Å². The molecule has 2 aromatic rings. The molecule has 0 radical (unpaired) electrons. The lowest BCUT2D eigenvalue weighted by atomic mass is 9.79. The van der Waals surface area contributed by atoms with Crippen LogP contribution >= 0.6 is 0 Å². The van der Waals surface area contributed by atoms with Gasteiger partial charge in [0.1, 0.15) is 0 Å². The average Bonchev–Trinajstić information content (AvgIpc) is 3.27. The van der Waals surface area contributed by atoms with Gasteiger partial charge in [-0.15, -0.1) is 0 Å². The van der Waals surface area contributed by atoms with Crippen molar-refractivity contribution in [2.24, 2.45) is 15.0 Å². The highest BCUT2D eigenvalue weighted by molar-refractivity contribution is 6.43. The zero-order chi connectivity index (χ0) is 29.6. The summed E-state index contributed by atoms with van der Waals surface area (Å²) >= 11 is 0. The molecule has 0 amide bonds. The van der Waals surface area contributed by atoms with Crippen molar-refractivity contribution >= 4 is 28.5 Å². The van der Waals surface area contributed by atoms with Crippen molar-refractivity contribution in [2.45, 2.75) is 125 Å². The molecule has 0 spiro atoms. The maximum atomic E-state index is 5.26. The molecule has 2 aromatic carbocycles. The molecule has 39 heavy (non-hydrogen) atoms. The van der Waals surface area contributed by atoms with Gasteiger partial charge in [0.05, 0.1) is 34.2 Å². The van der Waals surface area contributed by atoms with Crippen molar-refractivity contribution in [3.63, 3.8) is 0 Å². The lowest BCUT2D eigenvalue weighted by Gasteiger charge is -2.28. The summed E-state index contributed by atoms with van der Waals surface area (Å²) in [5.74, 6) is 0. The van der Waals surface area contributed by atoms with E-state index in [2.05, 4.69) is 139 Å². The second kappa shape index (κ2) is 10.6. The maximum Gasteiger partial charge on any atom is 0.0810 e. The van der Waals surface area contributed by atoms with E-state index in [1.807, 2.05) is 0 Å². The summed E-state index contributed by atoms with van der Waals surface area (Å²) in [5, 5.41) is 0. The van der Waals surface area contributed by atoms with Gasteiger partial charge in [-0.2, -0.15) is 0 Å². The van der Waals surface area contributed by atoms with Gasteiger partial charge in [-0.05, 0) is 57.8 Å². The summed E-state index contributed by atoms with van der Waals surface area (Å²) < 4.78 is 0. The first kappa shape index (κ1) is 30.7. The molecule has 3 rings (SSSR count). The molecule has 0 unspecified atom stereocenters. The number of hydrogen-bond donors (Lipinski definition) is 0. The van der Waals surface area contributed by atoms with Crippen LogP contribution in [0.2, 0.25) is 0 Å². The Labute approximate surface area is 238 Å². The molecule has 0 bridgehead atoms. The first-order valence-corrected chi connectivity index (χ1v) is 14.4. The van der Waals surface area contributed by atoms with Crippen molar-refractivity contribution in [1.29, 1.82) is 0 Å². The highest BCUT2D eigenvalue weighted by Crippen LogP contribution is 2.41. The van der Waals surface area contributed by atoms with Crippen molar-refractivity contribution in [2.75, 3.05) is 0 Å². The van der Waals surface area contributed by atoms with Gasteiger partial charge in [0, 0.05) is 6.42 Å². The van der Waals surface area contributed by atoms with Gasteiger partial charge in [-0.3, -0.25) is 9.98 Å². The summed E-state index contributed by atoms with van der Waals surface area (Å²) in [6, 6.07) is 13.2. The summed E-state index contributed by atoms with van der Waals surface area (Å²) in [5.41, 5.74) is 11.1. The molecule has 0 saturated heterocycles. The molecule has 0 fully saturated rings. The normalized spacial score (nSPS) is 15.9. The SMILES string of the molecule is CC(=Nc1c(C(C)(C)C)cccc1C(C)(C)C)C1=CCC(C(C)=Nc2c(C(C)(C)C)cccc2C(C)(C)C)=N1. The van der Waals surface area contributed by atoms with Crippen molar-refractivity contribution < 1.29 is 0 Å². The third-order valence-corrected chi connectivity index (χ3v) is 7.40. The van der Waals surface area contributed by atoms with Crippen LogP contribution in [0.25, 0.3) is 0 Å². The molecule has 1 aliphatic rings. The fourth-order valence-electron chi connectivity index (χ4n) is 5.09. The monoisotopic (exact) mass is 525 g/mol. The van der Waals surface area contributed by atoms with Crippen LogP contribution < -0.4 is 0 Å². The van der Waals surface area contributed by atoms with E-state index in [1.165, 1.54) is 22.3 Å². The van der Waals surface area contributed by atoms with Crippen LogP contribution in [-0.2, 0) is 21.7 Å². The van der Waals surface area contributed by atoms with Crippen LogP contribution in [0.5, 0.6) is 0 Å². The average molecular weight is 526 g/mol. The smallest absolute Gasteiger partial charge is 0.0810 e. The van der Waals surface area contributed by atoms with Gasteiger partial charge in [0.2, 0.25) is 0 Å². The van der Waals surface area contributed by atoms with Gasteiger partial charge in [0.25, 0.3) is 0 Å². The number of para-hydroxylation sites is 2. The number of hydrogen-bond acceptors (Lipinski definition) is 3. The van der Waals surface area contributed by atoms with Crippen molar-refractivity contribution in [3.05, 3.63) is 70.4 Å². The lowest BCUT2D eigenvalue weighted by Crippen LogP contribution is -2.18. The van der Waals surface area contributed by atoms with E-state index < -0.39 is 0 Å². The first-order valence-electron chi connectivity index (χ1n) is 14.4. The summed E-state index contributed by atoms with van der Waals surface area (Å²) in [4.78, 5) is 15.6. The molecule has 3 nitrogen and oxygen atoms in total. The molecular weight excluding hydrogens is 474 g/mol. The number of benzene rings is 2. The quantitative estimate of drug-likeness (QED) is 0.356. The zero-order valence-electron chi connectivity index (χ0n) is 27.1. The third kappa shape index (κ3) is 7.04. The Kier molecular flexibility index (Phi) is 8.38. The predicted molar refractivity (Wildman–Crippen MR) is 173 cm³/mol. The molecule has 3 heteroatoms. The van der Waals surface area contributed by atoms with Crippen LogP contribution in [0.4, 0.5) is 11.4 Å². The largest absolute Gasteiger partial charge is 0.251 e. The molecule has 0 atom stereocenters. The topological polar surface area (TPSA) is 37.1 Å². The molecule has 0 saturated carbocycles. The van der Waals surface area contributed by atoms with E-state index in [0.717, 1.165) is 40.6 Å². The second-order valence-electron chi connectivity index (χ2n) is 15.1. The summed E-state index contributed by atoms with van der Waals surface area (Å²) in [7, 11) is 0. The fraction of sp³-hybridized carbons (Fsp3) is 0.528. The summed E-state index contributed by atoms with van der Waals surface area (Å²) in [6.07, 6.45) is 2.97. The first-order chi connectivity index (χ1) is 17.7. The molecule has 0 N–H and O–H groups in total. The van der Waals surface area contributed by atoms with Crippen LogP contribution in [0.3, 0.4) is 0 Å². The highest BCUT2D eigenvalue weighted by atomic mass is 14.9. The minimum absolute atomic E-state index is 0.00424. The minimum Gasteiger partial charge on any atom is -0.251 e.